The van der Waals surface area contributed by atoms with E-state index in [1.165, 1.54) is 5.69 Å². The Morgan fingerprint density at radius 3 is 2.68 bits per heavy atom. The summed E-state index contributed by atoms with van der Waals surface area (Å²) in [5.41, 5.74) is 6.98. The Balaban J connectivity index is 1.33. The maximum absolute atomic E-state index is 5.90. The van der Waals surface area contributed by atoms with Crippen LogP contribution in [0.3, 0.4) is 0 Å². The van der Waals surface area contributed by atoms with Crippen molar-refractivity contribution in [2.75, 3.05) is 65.4 Å². The second-order valence-electron chi connectivity index (χ2n) is 9.96. The lowest BCUT2D eigenvalue weighted by atomic mass is 10.0. The molecule has 0 bridgehead atoms. The second kappa shape index (κ2) is 9.84. The SMILES string of the molecule is CN(C)CCOc1cncc(-c2ccc3[nH]nc(-c4cc5c(N6CCN(C)CC6)ccnc5[nH]4)c3c2)c1. The van der Waals surface area contributed by atoms with E-state index >= 15 is 0 Å². The molecule has 37 heavy (non-hydrogen) atoms. The largest absolute Gasteiger partial charge is 0.491 e. The number of anilines is 1. The molecule has 4 aromatic heterocycles. The number of piperazine rings is 1. The van der Waals surface area contributed by atoms with Crippen LogP contribution in [-0.4, -0.2) is 95.4 Å². The summed E-state index contributed by atoms with van der Waals surface area (Å²) in [4.78, 5) is 19.5. The number of H-pyrrole nitrogens is 2. The first-order valence-electron chi connectivity index (χ1n) is 12.7. The molecule has 0 atom stereocenters. The van der Waals surface area contributed by atoms with Crippen LogP contribution in [0.5, 0.6) is 5.75 Å². The molecule has 1 aliphatic rings. The van der Waals surface area contributed by atoms with Crippen LogP contribution in [0, 0.1) is 0 Å². The predicted molar refractivity (Wildman–Crippen MR) is 148 cm³/mol. The first-order valence-corrected chi connectivity index (χ1v) is 12.7. The smallest absolute Gasteiger partial charge is 0.139 e. The van der Waals surface area contributed by atoms with Gasteiger partial charge < -0.3 is 24.4 Å². The highest BCUT2D eigenvalue weighted by Crippen LogP contribution is 2.34. The van der Waals surface area contributed by atoms with Gasteiger partial charge in [0.1, 0.15) is 23.7 Å². The molecule has 6 rings (SSSR count). The lowest BCUT2D eigenvalue weighted by Crippen LogP contribution is -2.44. The number of fused-ring (bicyclic) bond motifs is 2. The van der Waals surface area contributed by atoms with Crippen LogP contribution < -0.4 is 9.64 Å². The summed E-state index contributed by atoms with van der Waals surface area (Å²) in [6.07, 6.45) is 5.52. The molecule has 1 fully saturated rings. The molecule has 190 valence electrons. The molecule has 0 saturated carbocycles. The van der Waals surface area contributed by atoms with E-state index in [1.807, 2.05) is 32.6 Å². The van der Waals surface area contributed by atoms with Gasteiger partial charge in [0.05, 0.1) is 17.4 Å². The Kier molecular flexibility index (Phi) is 6.23. The minimum absolute atomic E-state index is 0.619. The molecule has 1 aromatic carbocycles. The van der Waals surface area contributed by atoms with Crippen LogP contribution in [0.2, 0.25) is 0 Å². The van der Waals surface area contributed by atoms with E-state index in [-0.39, 0.29) is 0 Å². The summed E-state index contributed by atoms with van der Waals surface area (Å²) in [6, 6.07) is 12.7. The number of hydrogen-bond donors (Lipinski definition) is 2. The normalized spacial score (nSPS) is 14.8. The first-order chi connectivity index (χ1) is 18.0. The summed E-state index contributed by atoms with van der Waals surface area (Å²) < 4.78 is 5.90. The molecule has 0 spiro atoms. The van der Waals surface area contributed by atoms with E-state index in [4.69, 9.17) is 4.74 Å². The Hall–Kier alpha value is -3.95. The Bertz CT molecular complexity index is 1530. The molecule has 0 radical (unpaired) electrons. The van der Waals surface area contributed by atoms with Crippen molar-refractivity contribution in [2.45, 2.75) is 0 Å². The number of aromatic nitrogens is 5. The topological polar surface area (TPSA) is 89.2 Å². The molecule has 1 saturated heterocycles. The predicted octanol–water partition coefficient (Wildman–Crippen LogP) is 3.86. The quantitative estimate of drug-likeness (QED) is 0.354. The number of nitrogens with zero attached hydrogens (tertiary/aromatic N) is 6. The summed E-state index contributed by atoms with van der Waals surface area (Å²) in [5.74, 6) is 0.769. The fourth-order valence-electron chi connectivity index (χ4n) is 4.86. The van der Waals surface area contributed by atoms with Crippen molar-refractivity contribution in [1.29, 1.82) is 0 Å². The van der Waals surface area contributed by atoms with Crippen LogP contribution in [0.25, 0.3) is 44.5 Å². The fourth-order valence-corrected chi connectivity index (χ4v) is 4.86. The van der Waals surface area contributed by atoms with Crippen molar-refractivity contribution in [3.8, 4) is 28.3 Å². The zero-order valence-electron chi connectivity index (χ0n) is 21.5. The number of nitrogens with one attached hydrogen (secondary N) is 2. The molecule has 9 nitrogen and oxygen atoms in total. The molecule has 2 N–H and O–H groups in total. The minimum Gasteiger partial charge on any atom is -0.491 e. The third-order valence-corrected chi connectivity index (χ3v) is 7.02. The maximum atomic E-state index is 5.90. The Labute approximate surface area is 216 Å². The number of ether oxygens (including phenoxy) is 1. The zero-order chi connectivity index (χ0) is 25.4. The van der Waals surface area contributed by atoms with Gasteiger partial charge in [-0.3, -0.25) is 10.1 Å². The van der Waals surface area contributed by atoms with Crippen LogP contribution in [0.4, 0.5) is 5.69 Å². The lowest BCUT2D eigenvalue weighted by Gasteiger charge is -2.34. The average Bonchev–Trinajstić information content (AvgIpc) is 3.53. The van der Waals surface area contributed by atoms with Crippen molar-refractivity contribution in [3.05, 3.63) is 55.0 Å². The van der Waals surface area contributed by atoms with Gasteiger partial charge in [0.2, 0.25) is 0 Å². The molecule has 5 aromatic rings. The van der Waals surface area contributed by atoms with Crippen LogP contribution in [-0.2, 0) is 0 Å². The average molecular weight is 497 g/mol. The first kappa shape index (κ1) is 23.4. The van der Waals surface area contributed by atoms with Crippen molar-refractivity contribution in [1.82, 2.24) is 34.9 Å². The van der Waals surface area contributed by atoms with Crippen LogP contribution >= 0.6 is 0 Å². The van der Waals surface area contributed by atoms with Gasteiger partial charge >= 0.3 is 0 Å². The lowest BCUT2D eigenvalue weighted by molar-refractivity contribution is 0.261. The van der Waals surface area contributed by atoms with Crippen molar-refractivity contribution in [3.63, 3.8) is 0 Å². The molecular weight excluding hydrogens is 464 g/mol. The third kappa shape index (κ3) is 4.75. The van der Waals surface area contributed by atoms with Gasteiger partial charge in [0.15, 0.2) is 0 Å². The van der Waals surface area contributed by atoms with Gasteiger partial charge in [0.25, 0.3) is 0 Å². The van der Waals surface area contributed by atoms with Crippen molar-refractivity contribution in [2.24, 2.45) is 0 Å². The molecule has 1 aliphatic heterocycles. The Morgan fingerprint density at radius 2 is 1.84 bits per heavy atom. The highest BCUT2D eigenvalue weighted by Gasteiger charge is 2.19. The van der Waals surface area contributed by atoms with E-state index < -0.39 is 0 Å². The number of hydrogen-bond acceptors (Lipinski definition) is 7. The van der Waals surface area contributed by atoms with E-state index in [9.17, 15) is 0 Å². The third-order valence-electron chi connectivity index (χ3n) is 7.02. The van der Waals surface area contributed by atoms with Crippen molar-refractivity contribution >= 4 is 27.6 Å². The van der Waals surface area contributed by atoms with Gasteiger partial charge in [-0.1, -0.05) is 6.07 Å². The van der Waals surface area contributed by atoms with Crippen LogP contribution in [0.1, 0.15) is 0 Å². The Morgan fingerprint density at radius 1 is 0.973 bits per heavy atom. The number of aromatic amines is 2. The summed E-state index contributed by atoms with van der Waals surface area (Å²) >= 11 is 0. The summed E-state index contributed by atoms with van der Waals surface area (Å²) in [7, 11) is 6.24. The van der Waals surface area contributed by atoms with Gasteiger partial charge in [0, 0.05) is 67.1 Å². The van der Waals surface area contributed by atoms with E-state index in [0.717, 1.165) is 82.9 Å². The van der Waals surface area contributed by atoms with Gasteiger partial charge in [-0.05, 0) is 57.0 Å². The van der Waals surface area contributed by atoms with Gasteiger partial charge in [-0.2, -0.15) is 5.10 Å². The molecule has 0 unspecified atom stereocenters. The number of pyridine rings is 2. The van der Waals surface area contributed by atoms with Gasteiger partial charge in [-0.15, -0.1) is 0 Å². The fraction of sp³-hybridized carbons (Fsp3) is 0.321. The minimum atomic E-state index is 0.619. The second-order valence-corrected chi connectivity index (χ2v) is 9.96. The van der Waals surface area contributed by atoms with Gasteiger partial charge in [-0.25, -0.2) is 4.98 Å². The van der Waals surface area contributed by atoms with E-state index in [1.54, 1.807) is 6.20 Å². The summed E-state index contributed by atoms with van der Waals surface area (Å²) in [6.45, 7) is 5.61. The standard InChI is InChI=1S/C28H32N8O/c1-34(2)12-13-37-21-14-20(17-29-18-21)19-4-5-24-22(15-19)27(33-32-24)25-16-23-26(6-7-30-28(23)31-25)36-10-8-35(3)9-11-36/h4-7,14-18H,8-13H2,1-3H3,(H,30,31)(H,32,33). The number of likely N-dealkylation sites (N-methyl/N-ethyl adjacent to an activating group) is 2. The van der Waals surface area contributed by atoms with Crippen molar-refractivity contribution < 1.29 is 4.74 Å². The zero-order valence-corrected chi connectivity index (χ0v) is 21.5. The number of benzene rings is 1. The number of rotatable bonds is 7. The van der Waals surface area contributed by atoms with E-state index in [2.05, 4.69) is 77.2 Å². The summed E-state index contributed by atoms with van der Waals surface area (Å²) in [5, 5.41) is 10.0. The van der Waals surface area contributed by atoms with E-state index in [0.29, 0.717) is 6.61 Å². The molecule has 0 amide bonds. The highest BCUT2D eigenvalue weighted by molar-refractivity contribution is 5.99. The maximum Gasteiger partial charge on any atom is 0.139 e. The molecule has 9 heteroatoms. The monoisotopic (exact) mass is 496 g/mol. The molecular formula is C28H32N8O. The molecule has 5 heterocycles. The molecule has 0 aliphatic carbocycles. The highest BCUT2D eigenvalue weighted by atomic mass is 16.5. The van der Waals surface area contributed by atoms with Crippen LogP contribution in [0.15, 0.2) is 55.0 Å².